The summed E-state index contributed by atoms with van der Waals surface area (Å²) in [6, 6.07) is 0. The summed E-state index contributed by atoms with van der Waals surface area (Å²) < 4.78 is 68.5. The molecule has 17 nitrogen and oxygen atoms in total. The monoisotopic (exact) mass is 1400 g/mol. The van der Waals surface area contributed by atoms with E-state index in [1.165, 1.54) is 116 Å². The third-order valence-corrected chi connectivity index (χ3v) is 18.4. The van der Waals surface area contributed by atoms with Gasteiger partial charge in [-0.3, -0.25) is 37.3 Å². The first-order valence-electron chi connectivity index (χ1n) is 38.5. The van der Waals surface area contributed by atoms with Crippen molar-refractivity contribution in [3.63, 3.8) is 0 Å². The smallest absolute Gasteiger partial charge is 0.462 e. The molecule has 0 aromatic heterocycles. The van der Waals surface area contributed by atoms with E-state index in [2.05, 4.69) is 88.5 Å². The molecule has 0 rings (SSSR count). The number of aliphatic hydroxyl groups excluding tert-OH is 1. The molecule has 0 bridgehead atoms. The van der Waals surface area contributed by atoms with Crippen molar-refractivity contribution in [1.29, 1.82) is 0 Å². The minimum Gasteiger partial charge on any atom is -0.462 e. The van der Waals surface area contributed by atoms with Crippen LogP contribution in [0, 0.1) is 0 Å². The molecule has 19 heteroatoms. The van der Waals surface area contributed by atoms with Crippen molar-refractivity contribution in [3.05, 3.63) is 60.8 Å². The summed E-state index contributed by atoms with van der Waals surface area (Å²) in [4.78, 5) is 72.8. The first-order valence-corrected chi connectivity index (χ1v) is 41.5. The number of ether oxygens (including phenoxy) is 4. The first kappa shape index (κ1) is 92.8. The number of carbonyl (C=O) groups excluding carboxylic acids is 4. The van der Waals surface area contributed by atoms with E-state index < -0.39 is 97.5 Å². The normalized spacial score (nSPS) is 14.3. The molecule has 2 unspecified atom stereocenters. The van der Waals surface area contributed by atoms with Crippen LogP contribution in [0.4, 0.5) is 0 Å². The van der Waals surface area contributed by atoms with Crippen LogP contribution in [-0.4, -0.2) is 96.7 Å². The van der Waals surface area contributed by atoms with Gasteiger partial charge in [-0.05, 0) is 116 Å². The fraction of sp³-hybridized carbons (Fsp3) is 0.818. The van der Waals surface area contributed by atoms with Crippen LogP contribution >= 0.6 is 15.6 Å². The molecule has 0 fully saturated rings. The molecule has 0 aromatic carbocycles. The molecule has 0 aliphatic carbocycles. The van der Waals surface area contributed by atoms with Crippen LogP contribution in [0.2, 0.25) is 0 Å². The van der Waals surface area contributed by atoms with E-state index in [0.717, 1.165) is 154 Å². The standard InChI is InChI=1S/C77H140O17P2/c1-5-9-13-17-21-25-29-33-35-39-42-46-50-54-58-62-75(80)88-68-72(93-76(81)63-59-55-51-47-43-38-32-28-24-20-16-12-8-4)69-91-95(83,84)89-65-71(78)66-90-96(85,86)92-70-73(67-87-74(79)61-57-53-49-45-41-37-31-27-23-19-15-11-7-3)94-77(82)64-60-56-52-48-44-40-36-34-30-26-22-18-14-10-6-2/h21-22,25-27,31,33-36,71-73,78H,5-20,23-24,28-30,32,37-70H2,1-4H3,(H,83,84)(H,85,86)/b25-21-,26-22-,31-27-,35-33-,36-34-/t71-,72-,73-/m1/s1. The number of allylic oxidation sites excluding steroid dienone is 10. The Morgan fingerprint density at radius 1 is 0.292 bits per heavy atom. The molecule has 0 spiro atoms. The number of esters is 4. The summed E-state index contributed by atoms with van der Waals surface area (Å²) in [5.41, 5.74) is 0. The zero-order valence-corrected chi connectivity index (χ0v) is 62.8. The Morgan fingerprint density at radius 2 is 0.510 bits per heavy atom. The maximum absolute atomic E-state index is 13.1. The van der Waals surface area contributed by atoms with Crippen molar-refractivity contribution in [2.75, 3.05) is 39.6 Å². The van der Waals surface area contributed by atoms with E-state index in [0.29, 0.717) is 25.7 Å². The molecule has 0 aliphatic rings. The van der Waals surface area contributed by atoms with Crippen LogP contribution in [-0.2, 0) is 65.4 Å². The predicted octanol–water partition coefficient (Wildman–Crippen LogP) is 21.9. The van der Waals surface area contributed by atoms with E-state index in [1.807, 2.05) is 0 Å². The molecule has 0 heterocycles. The number of phosphoric acid groups is 2. The Hall–Kier alpha value is -3.24. The Bertz CT molecular complexity index is 2060. The van der Waals surface area contributed by atoms with Crippen molar-refractivity contribution in [3.8, 4) is 0 Å². The van der Waals surface area contributed by atoms with Gasteiger partial charge in [0.05, 0.1) is 26.4 Å². The molecule has 0 saturated carbocycles. The van der Waals surface area contributed by atoms with Gasteiger partial charge < -0.3 is 33.8 Å². The van der Waals surface area contributed by atoms with Gasteiger partial charge in [-0.15, -0.1) is 0 Å². The van der Waals surface area contributed by atoms with E-state index in [1.54, 1.807) is 0 Å². The molecular formula is C77H140O17P2. The number of phosphoric ester groups is 2. The third-order valence-electron chi connectivity index (χ3n) is 16.5. The van der Waals surface area contributed by atoms with Crippen molar-refractivity contribution < 1.29 is 80.2 Å². The fourth-order valence-corrected chi connectivity index (χ4v) is 12.1. The Balaban J connectivity index is 5.34. The van der Waals surface area contributed by atoms with Crippen molar-refractivity contribution in [2.24, 2.45) is 0 Å². The van der Waals surface area contributed by atoms with Gasteiger partial charge in [-0.25, -0.2) is 9.13 Å². The maximum Gasteiger partial charge on any atom is 0.472 e. The molecule has 0 aliphatic heterocycles. The number of carbonyl (C=O) groups is 4. The minimum absolute atomic E-state index is 0.0809. The third kappa shape index (κ3) is 69.2. The SMILES string of the molecule is CCCCC/C=C\C/C=C\CCCCCCCC(=O)OC[C@H](COP(=O)(O)OC[C@@H](O)COP(=O)(O)OC[C@@H](COC(=O)CCCCCCC/C=C\CCCCCC)OC(=O)CCCCCCC/C=C\C/C=C\CCCCC)OC(=O)CCCCCCCCCCCCCCC. The molecule has 0 aromatic rings. The van der Waals surface area contributed by atoms with Gasteiger partial charge in [0.25, 0.3) is 0 Å². The Kier molecular flexibility index (Phi) is 67.8. The molecule has 560 valence electrons. The van der Waals surface area contributed by atoms with Crippen LogP contribution in [0.5, 0.6) is 0 Å². The van der Waals surface area contributed by atoms with Crippen LogP contribution in [0.15, 0.2) is 60.8 Å². The van der Waals surface area contributed by atoms with Crippen LogP contribution < -0.4 is 0 Å². The molecule has 96 heavy (non-hydrogen) atoms. The Labute approximate surface area is 584 Å². The lowest BCUT2D eigenvalue weighted by atomic mass is 10.0. The van der Waals surface area contributed by atoms with Gasteiger partial charge in [0.2, 0.25) is 0 Å². The molecule has 0 amide bonds. The number of aliphatic hydroxyl groups is 1. The lowest BCUT2D eigenvalue weighted by Crippen LogP contribution is -2.30. The van der Waals surface area contributed by atoms with Crippen LogP contribution in [0.25, 0.3) is 0 Å². The summed E-state index contributed by atoms with van der Waals surface area (Å²) in [5, 5.41) is 10.6. The van der Waals surface area contributed by atoms with E-state index in [4.69, 9.17) is 37.0 Å². The summed E-state index contributed by atoms with van der Waals surface area (Å²) in [6.07, 6.45) is 67.7. The Morgan fingerprint density at radius 3 is 0.812 bits per heavy atom. The lowest BCUT2D eigenvalue weighted by molar-refractivity contribution is -0.161. The highest BCUT2D eigenvalue weighted by Crippen LogP contribution is 2.45. The molecule has 5 atom stereocenters. The number of rotatable bonds is 73. The highest BCUT2D eigenvalue weighted by molar-refractivity contribution is 7.47. The fourth-order valence-electron chi connectivity index (χ4n) is 10.5. The van der Waals surface area contributed by atoms with Gasteiger partial charge in [0.15, 0.2) is 12.2 Å². The number of hydrogen-bond acceptors (Lipinski definition) is 15. The van der Waals surface area contributed by atoms with E-state index >= 15 is 0 Å². The van der Waals surface area contributed by atoms with Crippen molar-refractivity contribution in [2.45, 2.75) is 367 Å². The van der Waals surface area contributed by atoms with Gasteiger partial charge in [0, 0.05) is 25.7 Å². The molecule has 0 radical (unpaired) electrons. The van der Waals surface area contributed by atoms with Gasteiger partial charge in [-0.2, -0.15) is 0 Å². The largest absolute Gasteiger partial charge is 0.472 e. The second-order valence-corrected chi connectivity index (χ2v) is 28.9. The van der Waals surface area contributed by atoms with Crippen molar-refractivity contribution >= 4 is 39.5 Å². The average Bonchev–Trinajstić information content (AvgIpc) is 1.17. The van der Waals surface area contributed by atoms with Gasteiger partial charge in [-0.1, -0.05) is 268 Å². The highest BCUT2D eigenvalue weighted by Gasteiger charge is 2.30. The van der Waals surface area contributed by atoms with Crippen molar-refractivity contribution in [1.82, 2.24) is 0 Å². The zero-order valence-electron chi connectivity index (χ0n) is 61.1. The maximum atomic E-state index is 13.1. The molecule has 0 saturated heterocycles. The quantitative estimate of drug-likeness (QED) is 0.0169. The molecular weight excluding hydrogens is 1260 g/mol. The van der Waals surface area contributed by atoms with E-state index in [-0.39, 0.29) is 25.7 Å². The minimum atomic E-state index is -4.97. The summed E-state index contributed by atoms with van der Waals surface area (Å²) in [7, 11) is -9.94. The highest BCUT2D eigenvalue weighted by atomic mass is 31.2. The first-order chi connectivity index (χ1) is 46.7. The van der Waals surface area contributed by atoms with Crippen LogP contribution in [0.1, 0.15) is 349 Å². The van der Waals surface area contributed by atoms with E-state index in [9.17, 15) is 43.2 Å². The second kappa shape index (κ2) is 70.2. The van der Waals surface area contributed by atoms with Gasteiger partial charge in [0.1, 0.15) is 19.3 Å². The number of hydrogen-bond donors (Lipinski definition) is 3. The van der Waals surface area contributed by atoms with Gasteiger partial charge >= 0.3 is 39.5 Å². The molecule has 3 N–H and O–H groups in total. The summed E-state index contributed by atoms with van der Waals surface area (Å²) in [6.45, 7) is 4.82. The zero-order chi connectivity index (χ0) is 70.4. The number of unbranched alkanes of at least 4 members (excludes halogenated alkanes) is 37. The summed E-state index contributed by atoms with van der Waals surface area (Å²) >= 11 is 0. The second-order valence-electron chi connectivity index (χ2n) is 25.9. The average molecular weight is 1400 g/mol. The topological polar surface area (TPSA) is 237 Å². The van der Waals surface area contributed by atoms with Crippen LogP contribution in [0.3, 0.4) is 0 Å². The predicted molar refractivity (Wildman–Crippen MR) is 390 cm³/mol. The summed E-state index contributed by atoms with van der Waals surface area (Å²) in [5.74, 6) is -2.19. The lowest BCUT2D eigenvalue weighted by Gasteiger charge is -2.21.